The molecule has 0 bridgehead atoms. The zero-order chi connectivity index (χ0) is 13.3. The topological polar surface area (TPSA) is 12.5 Å². The van der Waals surface area contributed by atoms with Crippen LogP contribution in [0.2, 0.25) is 0 Å². The van der Waals surface area contributed by atoms with E-state index in [9.17, 15) is 13.2 Å². The lowest BCUT2D eigenvalue weighted by molar-refractivity contribution is -0.230. The average Bonchev–Trinajstić information content (AvgIpc) is 2.99. The van der Waals surface area contributed by atoms with Gasteiger partial charge in [0.1, 0.15) is 0 Å². The molecule has 17 heavy (non-hydrogen) atoms. The molecule has 1 nitrogen and oxygen atoms in total. The van der Waals surface area contributed by atoms with Crippen LogP contribution in [-0.2, 0) is 4.74 Å². The number of hydrogen-bond donors (Lipinski definition) is 0. The summed E-state index contributed by atoms with van der Waals surface area (Å²) in [5.41, 5.74) is -1.85. The lowest BCUT2D eigenvalue weighted by Gasteiger charge is -2.39. The Labute approximate surface area is 102 Å². The van der Waals surface area contributed by atoms with E-state index < -0.39 is 11.6 Å². The van der Waals surface area contributed by atoms with Crippen molar-refractivity contribution in [3.63, 3.8) is 0 Å². The van der Waals surface area contributed by atoms with E-state index in [1.807, 2.05) is 13.8 Å². The maximum atomic E-state index is 13.1. The Morgan fingerprint density at radius 3 is 1.94 bits per heavy atom. The summed E-state index contributed by atoms with van der Waals surface area (Å²) in [6, 6.07) is 0. The van der Waals surface area contributed by atoms with Crippen molar-refractivity contribution in [3.8, 4) is 0 Å². The summed E-state index contributed by atoms with van der Waals surface area (Å²) in [5, 5.41) is 0. The second-order valence-electron chi connectivity index (χ2n) is 5.91. The maximum Gasteiger partial charge on any atom is 0.394 e. The highest BCUT2D eigenvalue weighted by atomic mass is 19.4. The number of halogens is 3. The van der Waals surface area contributed by atoms with Gasteiger partial charge in [0.25, 0.3) is 0 Å². The predicted molar refractivity (Wildman–Crippen MR) is 61.8 cm³/mol. The number of hydrogen-bond acceptors (Lipinski definition) is 1. The van der Waals surface area contributed by atoms with E-state index in [-0.39, 0.29) is 24.4 Å². The molecule has 1 saturated heterocycles. The van der Waals surface area contributed by atoms with Crippen LogP contribution in [0.3, 0.4) is 0 Å². The smallest absolute Gasteiger partial charge is 0.373 e. The van der Waals surface area contributed by atoms with Gasteiger partial charge in [0.2, 0.25) is 0 Å². The first kappa shape index (κ1) is 14.8. The van der Waals surface area contributed by atoms with E-state index in [4.69, 9.17) is 4.74 Å². The molecule has 1 aliphatic heterocycles. The molecule has 2 unspecified atom stereocenters. The third kappa shape index (κ3) is 3.60. The monoisotopic (exact) mass is 252 g/mol. The fraction of sp³-hybridized carbons (Fsp3) is 1.00. The lowest BCUT2D eigenvalue weighted by Crippen LogP contribution is -2.39. The fourth-order valence-corrected chi connectivity index (χ4v) is 2.44. The molecule has 0 aliphatic carbocycles. The van der Waals surface area contributed by atoms with Gasteiger partial charge >= 0.3 is 6.18 Å². The quantitative estimate of drug-likeness (QED) is 0.631. The molecule has 1 heterocycles. The molecule has 1 rings (SSSR count). The number of epoxide rings is 1. The van der Waals surface area contributed by atoms with Gasteiger partial charge in [0.05, 0.1) is 18.1 Å². The Bertz CT molecular complexity index is 260. The van der Waals surface area contributed by atoms with Crippen molar-refractivity contribution in [2.75, 3.05) is 6.61 Å². The first-order valence-electron chi connectivity index (χ1n) is 6.34. The molecule has 102 valence electrons. The minimum atomic E-state index is -4.12. The SMILES string of the molecule is CCC(C)(C[C@H]1CO1)CC(C)(CC)C(F)(F)F. The third-order valence-electron chi connectivity index (χ3n) is 4.26. The molecule has 1 aliphatic rings. The standard InChI is InChI=1S/C13H23F3O/c1-5-11(3,7-10-8-17-10)9-12(4,6-2)13(14,15)16/h10H,5-9H2,1-4H3/t10-,11?,12?/m0/s1. The predicted octanol–water partition coefficient (Wildman–Crippen LogP) is 4.56. The average molecular weight is 252 g/mol. The second kappa shape index (κ2) is 4.79. The molecule has 4 heteroatoms. The summed E-state index contributed by atoms with van der Waals surface area (Å²) in [7, 11) is 0. The van der Waals surface area contributed by atoms with Gasteiger partial charge in [0.15, 0.2) is 0 Å². The van der Waals surface area contributed by atoms with Gasteiger partial charge in [-0.15, -0.1) is 0 Å². The van der Waals surface area contributed by atoms with Gasteiger partial charge in [0, 0.05) is 0 Å². The molecule has 0 saturated carbocycles. The molecule has 3 atom stereocenters. The van der Waals surface area contributed by atoms with Gasteiger partial charge in [-0.3, -0.25) is 0 Å². The first-order valence-corrected chi connectivity index (χ1v) is 6.34. The van der Waals surface area contributed by atoms with Crippen molar-refractivity contribution in [2.45, 2.75) is 65.7 Å². The molecule has 0 aromatic carbocycles. The molecule has 0 spiro atoms. The van der Waals surface area contributed by atoms with Crippen LogP contribution >= 0.6 is 0 Å². The molecule has 0 aromatic rings. The summed E-state index contributed by atoms with van der Waals surface area (Å²) < 4.78 is 44.4. The van der Waals surface area contributed by atoms with Crippen LogP contribution in [-0.4, -0.2) is 18.9 Å². The zero-order valence-electron chi connectivity index (χ0n) is 11.2. The van der Waals surface area contributed by atoms with Crippen molar-refractivity contribution in [3.05, 3.63) is 0 Å². The molecule has 0 aromatic heterocycles. The highest BCUT2D eigenvalue weighted by molar-refractivity contribution is 4.91. The number of rotatable bonds is 6. The van der Waals surface area contributed by atoms with Gasteiger partial charge in [-0.25, -0.2) is 0 Å². The van der Waals surface area contributed by atoms with Crippen molar-refractivity contribution >= 4 is 0 Å². The Morgan fingerprint density at radius 2 is 1.65 bits per heavy atom. The van der Waals surface area contributed by atoms with E-state index in [1.54, 1.807) is 6.92 Å². The van der Waals surface area contributed by atoms with E-state index in [1.165, 1.54) is 6.92 Å². The molecule has 0 radical (unpaired) electrons. The normalized spacial score (nSPS) is 27.4. The van der Waals surface area contributed by atoms with Crippen molar-refractivity contribution in [2.24, 2.45) is 10.8 Å². The van der Waals surface area contributed by atoms with Crippen LogP contribution in [0.15, 0.2) is 0 Å². The lowest BCUT2D eigenvalue weighted by atomic mass is 9.68. The van der Waals surface area contributed by atoms with Gasteiger partial charge in [-0.2, -0.15) is 13.2 Å². The molecular formula is C13H23F3O. The Hall–Kier alpha value is -0.250. The minimum absolute atomic E-state index is 0.137. The first-order chi connectivity index (χ1) is 7.66. The Morgan fingerprint density at radius 1 is 1.12 bits per heavy atom. The molecule has 1 fully saturated rings. The fourth-order valence-electron chi connectivity index (χ4n) is 2.44. The van der Waals surface area contributed by atoms with Crippen molar-refractivity contribution < 1.29 is 17.9 Å². The third-order valence-corrected chi connectivity index (χ3v) is 4.26. The summed E-state index contributed by atoms with van der Waals surface area (Å²) in [6.45, 7) is 7.60. The Balaban J connectivity index is 2.76. The van der Waals surface area contributed by atoms with Crippen LogP contribution < -0.4 is 0 Å². The zero-order valence-corrected chi connectivity index (χ0v) is 11.2. The van der Waals surface area contributed by atoms with Gasteiger partial charge in [-0.1, -0.05) is 34.1 Å². The van der Waals surface area contributed by atoms with E-state index in [0.717, 1.165) is 12.8 Å². The van der Waals surface area contributed by atoms with Crippen LogP contribution in [0.4, 0.5) is 13.2 Å². The summed E-state index contributed by atoms with van der Waals surface area (Å²) >= 11 is 0. The van der Waals surface area contributed by atoms with E-state index in [2.05, 4.69) is 0 Å². The number of ether oxygens (including phenoxy) is 1. The summed E-state index contributed by atoms with van der Waals surface area (Å²) in [5.74, 6) is 0. The number of alkyl halides is 3. The van der Waals surface area contributed by atoms with Gasteiger partial charge in [-0.05, 0) is 24.7 Å². The minimum Gasteiger partial charge on any atom is -0.373 e. The van der Waals surface area contributed by atoms with E-state index >= 15 is 0 Å². The van der Waals surface area contributed by atoms with Crippen molar-refractivity contribution in [1.82, 2.24) is 0 Å². The van der Waals surface area contributed by atoms with E-state index in [0.29, 0.717) is 6.61 Å². The van der Waals surface area contributed by atoms with Gasteiger partial charge < -0.3 is 4.74 Å². The van der Waals surface area contributed by atoms with Crippen LogP contribution in [0.1, 0.15) is 53.4 Å². The highest BCUT2D eigenvalue weighted by Crippen LogP contribution is 2.51. The van der Waals surface area contributed by atoms with Crippen molar-refractivity contribution in [1.29, 1.82) is 0 Å². The molecular weight excluding hydrogens is 229 g/mol. The maximum absolute atomic E-state index is 13.1. The molecule has 0 N–H and O–H groups in total. The largest absolute Gasteiger partial charge is 0.394 e. The van der Waals surface area contributed by atoms with Crippen LogP contribution in [0.5, 0.6) is 0 Å². The molecule has 0 amide bonds. The second-order valence-corrected chi connectivity index (χ2v) is 5.91. The van der Waals surface area contributed by atoms with Crippen LogP contribution in [0, 0.1) is 10.8 Å². The van der Waals surface area contributed by atoms with Crippen LogP contribution in [0.25, 0.3) is 0 Å². The Kier molecular flexibility index (Phi) is 4.17. The summed E-state index contributed by atoms with van der Waals surface area (Å²) in [4.78, 5) is 0. The summed E-state index contributed by atoms with van der Waals surface area (Å²) in [6.07, 6.45) is -2.10. The highest BCUT2D eigenvalue weighted by Gasteiger charge is 2.52.